The van der Waals surface area contributed by atoms with Crippen molar-refractivity contribution >= 4 is 0 Å². The molecule has 1 aliphatic rings. The molecule has 4 nitrogen and oxygen atoms in total. The number of fused-ring (bicyclic) bond motifs is 1. The highest BCUT2D eigenvalue weighted by Crippen LogP contribution is 2.38. The number of rotatable bonds is 5. The van der Waals surface area contributed by atoms with E-state index in [1.165, 1.54) is 22.3 Å². The van der Waals surface area contributed by atoms with Crippen LogP contribution in [0.25, 0.3) is 0 Å². The molecule has 1 atom stereocenters. The van der Waals surface area contributed by atoms with Gasteiger partial charge < -0.3 is 15.2 Å². The Kier molecular flexibility index (Phi) is 5.07. The minimum absolute atomic E-state index is 0.204. The third-order valence-corrected chi connectivity index (χ3v) is 4.84. The summed E-state index contributed by atoms with van der Waals surface area (Å²) in [5.41, 5.74) is 11.3. The van der Waals surface area contributed by atoms with Gasteiger partial charge in [-0.05, 0) is 42.2 Å². The standard InChI is InChI=1S/C20H26N2O2/c1-14-4-6-15(7-5-14)13-22-9-8-16-10-19(23-2)20(24-3)11-17(16)18(22)12-21/h4-7,10-11,18H,8-9,12-13,21H2,1-3H3/t18-/m1/s1. The normalized spacial score (nSPS) is 17.4. The summed E-state index contributed by atoms with van der Waals surface area (Å²) in [5.74, 6) is 1.56. The van der Waals surface area contributed by atoms with Gasteiger partial charge in [-0.15, -0.1) is 0 Å². The maximum Gasteiger partial charge on any atom is 0.161 e. The molecule has 0 aromatic heterocycles. The molecule has 0 fully saturated rings. The highest BCUT2D eigenvalue weighted by atomic mass is 16.5. The van der Waals surface area contributed by atoms with Crippen LogP contribution in [0, 0.1) is 6.92 Å². The summed E-state index contributed by atoms with van der Waals surface area (Å²) in [6.45, 7) is 4.62. The van der Waals surface area contributed by atoms with Crippen molar-refractivity contribution in [3.05, 3.63) is 58.7 Å². The lowest BCUT2D eigenvalue weighted by molar-refractivity contribution is 0.180. The SMILES string of the molecule is COc1cc2c(cc1OC)[C@@H](CN)N(Cc1ccc(C)cc1)CC2. The largest absolute Gasteiger partial charge is 0.493 e. The van der Waals surface area contributed by atoms with Crippen LogP contribution in [-0.4, -0.2) is 32.2 Å². The number of hydrogen-bond donors (Lipinski definition) is 1. The minimum Gasteiger partial charge on any atom is -0.493 e. The van der Waals surface area contributed by atoms with E-state index in [4.69, 9.17) is 15.2 Å². The van der Waals surface area contributed by atoms with E-state index in [0.717, 1.165) is 31.0 Å². The first-order valence-electron chi connectivity index (χ1n) is 8.40. The summed E-state index contributed by atoms with van der Waals surface area (Å²) < 4.78 is 10.9. The van der Waals surface area contributed by atoms with E-state index in [-0.39, 0.29) is 6.04 Å². The van der Waals surface area contributed by atoms with Crippen LogP contribution in [0.1, 0.15) is 28.3 Å². The van der Waals surface area contributed by atoms with Crippen molar-refractivity contribution < 1.29 is 9.47 Å². The molecule has 0 bridgehead atoms. The Hall–Kier alpha value is -2.04. The van der Waals surface area contributed by atoms with Crippen molar-refractivity contribution in [2.24, 2.45) is 5.73 Å². The molecule has 3 rings (SSSR count). The molecular formula is C20H26N2O2. The van der Waals surface area contributed by atoms with E-state index in [0.29, 0.717) is 6.54 Å². The van der Waals surface area contributed by atoms with Crippen LogP contribution in [0.4, 0.5) is 0 Å². The molecule has 0 unspecified atom stereocenters. The van der Waals surface area contributed by atoms with Crippen LogP contribution in [0.2, 0.25) is 0 Å². The Morgan fingerprint density at radius 1 is 1.08 bits per heavy atom. The average Bonchev–Trinajstić information content (AvgIpc) is 2.62. The Bertz CT molecular complexity index is 698. The second kappa shape index (κ2) is 7.24. The first kappa shape index (κ1) is 16.8. The van der Waals surface area contributed by atoms with Gasteiger partial charge in [0.1, 0.15) is 0 Å². The van der Waals surface area contributed by atoms with Gasteiger partial charge in [0.05, 0.1) is 14.2 Å². The number of methoxy groups -OCH3 is 2. The summed E-state index contributed by atoms with van der Waals surface area (Å²) in [5, 5.41) is 0. The minimum atomic E-state index is 0.204. The van der Waals surface area contributed by atoms with Crippen LogP contribution in [0.15, 0.2) is 36.4 Å². The molecule has 0 radical (unpaired) electrons. The molecule has 4 heteroatoms. The predicted molar refractivity (Wildman–Crippen MR) is 96.6 cm³/mol. The van der Waals surface area contributed by atoms with Crippen LogP contribution in [0.3, 0.4) is 0 Å². The monoisotopic (exact) mass is 326 g/mol. The van der Waals surface area contributed by atoms with Gasteiger partial charge in [-0.2, -0.15) is 0 Å². The van der Waals surface area contributed by atoms with Crippen LogP contribution in [-0.2, 0) is 13.0 Å². The number of aryl methyl sites for hydroxylation is 1. The van der Waals surface area contributed by atoms with Crippen LogP contribution < -0.4 is 15.2 Å². The molecule has 0 amide bonds. The molecule has 0 spiro atoms. The topological polar surface area (TPSA) is 47.7 Å². The van der Waals surface area contributed by atoms with E-state index in [1.807, 2.05) is 0 Å². The van der Waals surface area contributed by atoms with Gasteiger partial charge in [-0.3, -0.25) is 4.90 Å². The third kappa shape index (κ3) is 3.25. The number of nitrogens with two attached hydrogens (primary N) is 1. The molecule has 128 valence electrons. The van der Waals surface area contributed by atoms with Gasteiger partial charge >= 0.3 is 0 Å². The van der Waals surface area contributed by atoms with E-state index in [9.17, 15) is 0 Å². The Morgan fingerprint density at radius 3 is 2.38 bits per heavy atom. The Labute approximate surface area is 144 Å². The number of ether oxygens (including phenoxy) is 2. The summed E-state index contributed by atoms with van der Waals surface area (Å²) >= 11 is 0. The zero-order valence-corrected chi connectivity index (χ0v) is 14.7. The van der Waals surface area contributed by atoms with Crippen molar-refractivity contribution in [1.29, 1.82) is 0 Å². The van der Waals surface area contributed by atoms with E-state index < -0.39 is 0 Å². The van der Waals surface area contributed by atoms with Gasteiger partial charge in [0.2, 0.25) is 0 Å². The smallest absolute Gasteiger partial charge is 0.161 e. The summed E-state index contributed by atoms with van der Waals surface area (Å²) in [4.78, 5) is 2.46. The van der Waals surface area contributed by atoms with Gasteiger partial charge in [-0.25, -0.2) is 0 Å². The molecule has 0 aliphatic carbocycles. The highest BCUT2D eigenvalue weighted by Gasteiger charge is 2.28. The molecule has 1 heterocycles. The van der Waals surface area contributed by atoms with Crippen molar-refractivity contribution in [1.82, 2.24) is 4.90 Å². The summed E-state index contributed by atoms with van der Waals surface area (Å²) in [6.07, 6.45) is 0.998. The molecule has 0 saturated heterocycles. The predicted octanol–water partition coefficient (Wildman–Crippen LogP) is 3.07. The lowest BCUT2D eigenvalue weighted by Gasteiger charge is -2.37. The zero-order chi connectivity index (χ0) is 17.1. The van der Waals surface area contributed by atoms with E-state index in [1.54, 1.807) is 14.2 Å². The second-order valence-corrected chi connectivity index (χ2v) is 6.36. The molecule has 2 N–H and O–H groups in total. The lowest BCUT2D eigenvalue weighted by atomic mass is 9.91. The first-order valence-corrected chi connectivity index (χ1v) is 8.40. The first-order chi connectivity index (χ1) is 11.7. The zero-order valence-electron chi connectivity index (χ0n) is 14.7. The van der Waals surface area contributed by atoms with Crippen LogP contribution in [0.5, 0.6) is 11.5 Å². The van der Waals surface area contributed by atoms with E-state index in [2.05, 4.69) is 48.2 Å². The highest BCUT2D eigenvalue weighted by molar-refractivity contribution is 5.49. The maximum absolute atomic E-state index is 6.13. The van der Waals surface area contributed by atoms with Crippen molar-refractivity contribution in [3.63, 3.8) is 0 Å². The van der Waals surface area contributed by atoms with E-state index >= 15 is 0 Å². The van der Waals surface area contributed by atoms with Crippen LogP contribution >= 0.6 is 0 Å². The average molecular weight is 326 g/mol. The quantitative estimate of drug-likeness (QED) is 0.917. The molecule has 24 heavy (non-hydrogen) atoms. The van der Waals surface area contributed by atoms with Gasteiger partial charge in [0, 0.05) is 25.7 Å². The fourth-order valence-corrected chi connectivity index (χ4v) is 3.47. The molecule has 1 aliphatic heterocycles. The second-order valence-electron chi connectivity index (χ2n) is 6.36. The van der Waals surface area contributed by atoms with Crippen molar-refractivity contribution in [3.8, 4) is 11.5 Å². The molecule has 0 saturated carbocycles. The van der Waals surface area contributed by atoms with Gasteiger partial charge in [0.25, 0.3) is 0 Å². The third-order valence-electron chi connectivity index (χ3n) is 4.84. The fourth-order valence-electron chi connectivity index (χ4n) is 3.47. The van der Waals surface area contributed by atoms with Gasteiger partial charge in [0.15, 0.2) is 11.5 Å². The Balaban J connectivity index is 1.89. The van der Waals surface area contributed by atoms with Crippen molar-refractivity contribution in [2.45, 2.75) is 25.9 Å². The lowest BCUT2D eigenvalue weighted by Crippen LogP contribution is -2.38. The molecule has 2 aromatic rings. The number of hydrogen-bond acceptors (Lipinski definition) is 4. The Morgan fingerprint density at radius 2 is 1.75 bits per heavy atom. The summed E-state index contributed by atoms with van der Waals surface area (Å²) in [6, 6.07) is 13.1. The van der Waals surface area contributed by atoms with Crippen molar-refractivity contribution in [2.75, 3.05) is 27.3 Å². The molecule has 2 aromatic carbocycles. The maximum atomic E-state index is 6.13. The number of benzene rings is 2. The summed E-state index contributed by atoms with van der Waals surface area (Å²) in [7, 11) is 3.35. The van der Waals surface area contributed by atoms with Gasteiger partial charge in [-0.1, -0.05) is 29.8 Å². The fraction of sp³-hybridized carbons (Fsp3) is 0.400. The number of nitrogens with zero attached hydrogens (tertiary/aromatic N) is 1. The molecular weight excluding hydrogens is 300 g/mol.